The number of amides is 1. The van der Waals surface area contributed by atoms with E-state index in [9.17, 15) is 9.90 Å². The third-order valence-corrected chi connectivity index (χ3v) is 4.71. The Kier molecular flexibility index (Phi) is 3.78. The molecule has 1 aromatic heterocycles. The molecule has 1 aromatic carbocycles. The highest BCUT2D eigenvalue weighted by molar-refractivity contribution is 7.13. The van der Waals surface area contributed by atoms with Gasteiger partial charge in [0.25, 0.3) is 5.91 Å². The van der Waals surface area contributed by atoms with Gasteiger partial charge in [-0.15, -0.1) is 11.3 Å². The quantitative estimate of drug-likeness (QED) is 0.892. The predicted molar refractivity (Wildman–Crippen MR) is 83.2 cm³/mol. The first-order valence-electron chi connectivity index (χ1n) is 7.08. The van der Waals surface area contributed by atoms with Crippen LogP contribution in [0.5, 0.6) is 0 Å². The van der Waals surface area contributed by atoms with E-state index in [1.807, 2.05) is 30.3 Å². The Bertz CT molecular complexity index is 633. The van der Waals surface area contributed by atoms with Crippen LogP contribution in [0.4, 0.5) is 0 Å². The molecule has 1 unspecified atom stereocenters. The summed E-state index contributed by atoms with van der Waals surface area (Å²) in [6.07, 6.45) is 2.08. The Morgan fingerprint density at radius 2 is 2.14 bits per heavy atom. The zero-order chi connectivity index (χ0) is 14.9. The molecular formula is C16H18N2O2S. The number of thiazole rings is 1. The average Bonchev–Trinajstić information content (AvgIpc) is 3.24. The van der Waals surface area contributed by atoms with Crippen molar-refractivity contribution in [1.29, 1.82) is 0 Å². The van der Waals surface area contributed by atoms with Crippen LogP contribution in [0.3, 0.4) is 0 Å². The van der Waals surface area contributed by atoms with E-state index in [2.05, 4.69) is 10.3 Å². The minimum absolute atomic E-state index is 0.227. The van der Waals surface area contributed by atoms with Crippen molar-refractivity contribution in [2.24, 2.45) is 5.92 Å². The maximum Gasteiger partial charge on any atom is 0.270 e. The molecule has 0 saturated heterocycles. The number of rotatable bonds is 5. The standard InChI is InChI=1S/C16H18N2O2S/c1-16(20,12-7-8-12)10-17-14(19)13-9-21-15(18-13)11-5-3-2-4-6-11/h2-6,9,12,20H,7-8,10H2,1H3,(H,17,19). The fourth-order valence-electron chi connectivity index (χ4n) is 2.29. The molecular weight excluding hydrogens is 284 g/mol. The Morgan fingerprint density at radius 3 is 2.81 bits per heavy atom. The molecule has 0 spiro atoms. The van der Waals surface area contributed by atoms with Gasteiger partial charge in [0.15, 0.2) is 0 Å². The monoisotopic (exact) mass is 302 g/mol. The van der Waals surface area contributed by atoms with Gasteiger partial charge in [0.1, 0.15) is 10.7 Å². The normalized spacial score (nSPS) is 17.2. The summed E-state index contributed by atoms with van der Waals surface area (Å²) in [6, 6.07) is 9.79. The van der Waals surface area contributed by atoms with Gasteiger partial charge in [-0.05, 0) is 25.7 Å². The molecule has 0 aliphatic heterocycles. The zero-order valence-electron chi connectivity index (χ0n) is 11.9. The molecule has 1 aliphatic rings. The highest BCUT2D eigenvalue weighted by Gasteiger charge is 2.40. The van der Waals surface area contributed by atoms with Crippen molar-refractivity contribution in [3.8, 4) is 10.6 Å². The first-order chi connectivity index (χ1) is 10.1. The van der Waals surface area contributed by atoms with Crippen molar-refractivity contribution in [2.75, 3.05) is 6.54 Å². The van der Waals surface area contributed by atoms with Crippen molar-refractivity contribution in [1.82, 2.24) is 10.3 Å². The molecule has 0 bridgehead atoms. The van der Waals surface area contributed by atoms with Gasteiger partial charge in [-0.1, -0.05) is 30.3 Å². The van der Waals surface area contributed by atoms with E-state index in [-0.39, 0.29) is 12.5 Å². The second-order valence-corrected chi connectivity index (χ2v) is 6.58. The fraction of sp³-hybridized carbons (Fsp3) is 0.375. The Hall–Kier alpha value is -1.72. The second kappa shape index (κ2) is 5.58. The topological polar surface area (TPSA) is 62.2 Å². The Morgan fingerprint density at radius 1 is 1.43 bits per heavy atom. The number of carbonyl (C=O) groups excluding carboxylic acids is 1. The van der Waals surface area contributed by atoms with Gasteiger partial charge in [0.05, 0.1) is 5.60 Å². The summed E-state index contributed by atoms with van der Waals surface area (Å²) < 4.78 is 0. The van der Waals surface area contributed by atoms with Crippen molar-refractivity contribution in [3.05, 3.63) is 41.4 Å². The fourth-order valence-corrected chi connectivity index (χ4v) is 3.10. The third kappa shape index (κ3) is 3.31. The van der Waals surface area contributed by atoms with Crippen LogP contribution < -0.4 is 5.32 Å². The molecule has 1 atom stereocenters. The molecule has 110 valence electrons. The molecule has 1 amide bonds. The number of benzene rings is 1. The molecule has 1 aliphatic carbocycles. The van der Waals surface area contributed by atoms with Crippen LogP contribution in [0.25, 0.3) is 10.6 Å². The lowest BCUT2D eigenvalue weighted by Gasteiger charge is -2.22. The van der Waals surface area contributed by atoms with E-state index in [1.54, 1.807) is 12.3 Å². The summed E-state index contributed by atoms with van der Waals surface area (Å²) >= 11 is 1.45. The lowest BCUT2D eigenvalue weighted by molar-refractivity contribution is 0.0353. The van der Waals surface area contributed by atoms with E-state index in [1.165, 1.54) is 11.3 Å². The minimum atomic E-state index is -0.812. The van der Waals surface area contributed by atoms with Crippen molar-refractivity contribution in [2.45, 2.75) is 25.4 Å². The lowest BCUT2D eigenvalue weighted by Crippen LogP contribution is -2.42. The first-order valence-corrected chi connectivity index (χ1v) is 7.96. The number of nitrogens with zero attached hydrogens (tertiary/aromatic N) is 1. The largest absolute Gasteiger partial charge is 0.388 e. The number of aromatic nitrogens is 1. The van der Waals surface area contributed by atoms with Gasteiger partial charge >= 0.3 is 0 Å². The van der Waals surface area contributed by atoms with E-state index in [0.29, 0.717) is 11.6 Å². The van der Waals surface area contributed by atoms with Gasteiger partial charge in [0.2, 0.25) is 0 Å². The third-order valence-electron chi connectivity index (χ3n) is 3.82. The van der Waals surface area contributed by atoms with E-state index in [0.717, 1.165) is 23.4 Å². The number of hydrogen-bond acceptors (Lipinski definition) is 4. The van der Waals surface area contributed by atoms with Gasteiger partial charge in [-0.3, -0.25) is 4.79 Å². The van der Waals surface area contributed by atoms with Crippen LogP contribution in [0.15, 0.2) is 35.7 Å². The molecule has 0 radical (unpaired) electrons. The molecule has 2 N–H and O–H groups in total. The number of nitrogens with one attached hydrogen (secondary N) is 1. The summed E-state index contributed by atoms with van der Waals surface area (Å²) in [5, 5.41) is 15.6. The van der Waals surface area contributed by atoms with Crippen LogP contribution in [0.2, 0.25) is 0 Å². The SMILES string of the molecule is CC(O)(CNC(=O)c1csc(-c2ccccc2)n1)C1CC1. The van der Waals surface area contributed by atoms with Gasteiger partial charge in [0, 0.05) is 17.5 Å². The zero-order valence-corrected chi connectivity index (χ0v) is 12.7. The molecule has 1 fully saturated rings. The van der Waals surface area contributed by atoms with Gasteiger partial charge < -0.3 is 10.4 Å². The number of hydrogen-bond donors (Lipinski definition) is 2. The predicted octanol–water partition coefficient (Wildman–Crippen LogP) is 2.70. The van der Waals surface area contributed by atoms with Gasteiger partial charge in [-0.2, -0.15) is 0 Å². The van der Waals surface area contributed by atoms with Crippen LogP contribution in [-0.2, 0) is 0 Å². The minimum Gasteiger partial charge on any atom is -0.388 e. The van der Waals surface area contributed by atoms with Crippen LogP contribution in [0.1, 0.15) is 30.3 Å². The molecule has 1 saturated carbocycles. The van der Waals surface area contributed by atoms with Crippen molar-refractivity contribution >= 4 is 17.2 Å². The molecule has 5 heteroatoms. The molecule has 4 nitrogen and oxygen atoms in total. The summed E-state index contributed by atoms with van der Waals surface area (Å²) in [5.41, 5.74) is 0.602. The number of aliphatic hydroxyl groups is 1. The van der Waals surface area contributed by atoms with Crippen LogP contribution in [-0.4, -0.2) is 28.1 Å². The summed E-state index contributed by atoms with van der Waals surface area (Å²) in [6.45, 7) is 2.05. The molecule has 3 rings (SSSR count). The maximum atomic E-state index is 12.1. The van der Waals surface area contributed by atoms with Crippen molar-refractivity contribution in [3.63, 3.8) is 0 Å². The second-order valence-electron chi connectivity index (χ2n) is 5.72. The van der Waals surface area contributed by atoms with Crippen LogP contribution >= 0.6 is 11.3 Å². The average molecular weight is 302 g/mol. The molecule has 1 heterocycles. The van der Waals surface area contributed by atoms with E-state index >= 15 is 0 Å². The Labute approximate surface area is 127 Å². The highest BCUT2D eigenvalue weighted by atomic mass is 32.1. The maximum absolute atomic E-state index is 12.1. The summed E-state index contributed by atoms with van der Waals surface area (Å²) in [4.78, 5) is 16.5. The van der Waals surface area contributed by atoms with Crippen LogP contribution in [0, 0.1) is 5.92 Å². The Balaban J connectivity index is 1.64. The van der Waals surface area contributed by atoms with E-state index < -0.39 is 5.60 Å². The first kappa shape index (κ1) is 14.2. The summed E-state index contributed by atoms with van der Waals surface area (Å²) in [7, 11) is 0. The van der Waals surface area contributed by atoms with Gasteiger partial charge in [-0.25, -0.2) is 4.98 Å². The van der Waals surface area contributed by atoms with E-state index in [4.69, 9.17) is 0 Å². The number of carbonyl (C=O) groups is 1. The molecule has 2 aromatic rings. The van der Waals surface area contributed by atoms with Crippen molar-refractivity contribution < 1.29 is 9.90 Å². The lowest BCUT2D eigenvalue weighted by atomic mass is 10.0. The molecule has 21 heavy (non-hydrogen) atoms. The highest BCUT2D eigenvalue weighted by Crippen LogP contribution is 2.39. The summed E-state index contributed by atoms with van der Waals surface area (Å²) in [5.74, 6) is 0.0856. The smallest absolute Gasteiger partial charge is 0.270 e.